The van der Waals surface area contributed by atoms with Gasteiger partial charge in [0.25, 0.3) is 5.91 Å². The van der Waals surface area contributed by atoms with Crippen molar-refractivity contribution in [2.45, 2.75) is 17.4 Å². The second-order valence-corrected chi connectivity index (χ2v) is 8.22. The van der Waals surface area contributed by atoms with Gasteiger partial charge >= 0.3 is 0 Å². The number of rotatable bonds is 5. The molecule has 2 heterocycles. The van der Waals surface area contributed by atoms with E-state index in [1.165, 1.54) is 43.0 Å². The number of carbonyl (C=O) groups excluding carboxylic acids is 1. The largest absolute Gasteiger partial charge is 0.351 e. The summed E-state index contributed by atoms with van der Waals surface area (Å²) in [4.78, 5) is 14.5. The maximum Gasteiger partial charge on any atom is 0.251 e. The summed E-state index contributed by atoms with van der Waals surface area (Å²) in [6.07, 6.45) is 2.60. The average molecular weight is 322 g/mol. The predicted molar refractivity (Wildman–Crippen MR) is 92.1 cm³/mol. The number of nitrogens with one attached hydrogen (secondary N) is 1. The molecule has 0 radical (unpaired) electrons. The zero-order valence-corrected chi connectivity index (χ0v) is 13.8. The van der Waals surface area contributed by atoms with Crippen LogP contribution in [0.4, 0.5) is 0 Å². The van der Waals surface area contributed by atoms with Crippen molar-refractivity contribution in [2.24, 2.45) is 0 Å². The van der Waals surface area contributed by atoms with Crippen molar-refractivity contribution in [1.29, 1.82) is 0 Å². The lowest BCUT2D eigenvalue weighted by Crippen LogP contribution is -2.33. The molecule has 3 nitrogen and oxygen atoms in total. The van der Waals surface area contributed by atoms with Gasteiger partial charge in [-0.3, -0.25) is 4.79 Å². The standard InChI is InChI=1S/C16H22N2OS2/c19-15(17-7-10-18-8-1-2-9-18)13-3-5-14(6-4-13)16-20-11-12-21-16/h3-6,16H,1-2,7-12H2,(H,17,19). The zero-order valence-electron chi connectivity index (χ0n) is 12.2. The first-order chi connectivity index (χ1) is 10.3. The van der Waals surface area contributed by atoms with E-state index in [4.69, 9.17) is 0 Å². The van der Waals surface area contributed by atoms with Crippen LogP contribution in [-0.2, 0) is 0 Å². The summed E-state index contributed by atoms with van der Waals surface area (Å²) in [5, 5.41) is 3.02. The van der Waals surface area contributed by atoms with Crippen molar-refractivity contribution in [3.63, 3.8) is 0 Å². The molecule has 5 heteroatoms. The Bertz CT molecular complexity index is 466. The van der Waals surface area contributed by atoms with Gasteiger partial charge in [-0.05, 0) is 43.6 Å². The molecule has 2 saturated heterocycles. The van der Waals surface area contributed by atoms with Crippen LogP contribution in [0.2, 0.25) is 0 Å². The van der Waals surface area contributed by atoms with E-state index in [2.05, 4.69) is 22.3 Å². The lowest BCUT2D eigenvalue weighted by molar-refractivity contribution is 0.0950. The van der Waals surface area contributed by atoms with Crippen molar-refractivity contribution in [3.05, 3.63) is 35.4 Å². The normalized spacial score (nSPS) is 20.0. The smallest absolute Gasteiger partial charge is 0.251 e. The highest BCUT2D eigenvalue weighted by molar-refractivity contribution is 8.19. The fourth-order valence-corrected chi connectivity index (χ4v) is 5.64. The van der Waals surface area contributed by atoms with E-state index in [9.17, 15) is 4.79 Å². The van der Waals surface area contributed by atoms with Gasteiger partial charge in [0.15, 0.2) is 0 Å². The second-order valence-electron chi connectivity index (χ2n) is 5.50. The molecule has 1 aromatic rings. The number of hydrogen-bond acceptors (Lipinski definition) is 4. The molecule has 0 atom stereocenters. The van der Waals surface area contributed by atoms with Crippen LogP contribution in [0, 0.1) is 0 Å². The van der Waals surface area contributed by atoms with Crippen molar-refractivity contribution in [2.75, 3.05) is 37.7 Å². The van der Waals surface area contributed by atoms with E-state index in [-0.39, 0.29) is 5.91 Å². The number of benzene rings is 1. The molecule has 2 aliphatic heterocycles. The fourth-order valence-electron chi connectivity index (χ4n) is 2.78. The maximum atomic E-state index is 12.1. The van der Waals surface area contributed by atoms with Crippen LogP contribution in [0.25, 0.3) is 0 Å². The Hall–Kier alpha value is -0.650. The summed E-state index contributed by atoms with van der Waals surface area (Å²) in [5.74, 6) is 2.51. The van der Waals surface area contributed by atoms with Gasteiger partial charge in [-0.1, -0.05) is 12.1 Å². The summed E-state index contributed by atoms with van der Waals surface area (Å²) in [5.41, 5.74) is 2.10. The van der Waals surface area contributed by atoms with Crippen LogP contribution in [0.3, 0.4) is 0 Å². The molecule has 3 rings (SSSR count). The average Bonchev–Trinajstić information content (AvgIpc) is 3.21. The Balaban J connectivity index is 1.47. The van der Waals surface area contributed by atoms with E-state index < -0.39 is 0 Å². The Morgan fingerprint density at radius 3 is 2.48 bits per heavy atom. The van der Waals surface area contributed by atoms with Gasteiger partial charge < -0.3 is 10.2 Å². The summed E-state index contributed by atoms with van der Waals surface area (Å²) in [6.45, 7) is 4.08. The number of amides is 1. The second kappa shape index (κ2) is 7.56. The summed E-state index contributed by atoms with van der Waals surface area (Å²) < 4.78 is 0.553. The molecule has 1 amide bonds. The van der Waals surface area contributed by atoms with E-state index in [0.717, 1.165) is 18.7 Å². The predicted octanol–water partition coefficient (Wildman–Crippen LogP) is 2.99. The number of likely N-dealkylation sites (tertiary alicyclic amines) is 1. The van der Waals surface area contributed by atoms with Crippen molar-refractivity contribution >= 4 is 29.4 Å². The molecular weight excluding hydrogens is 300 g/mol. The minimum Gasteiger partial charge on any atom is -0.351 e. The van der Waals surface area contributed by atoms with Crippen LogP contribution >= 0.6 is 23.5 Å². The molecule has 0 aliphatic carbocycles. The molecule has 2 aliphatic rings. The van der Waals surface area contributed by atoms with E-state index in [1.54, 1.807) is 0 Å². The Labute approximate surface area is 135 Å². The van der Waals surface area contributed by atoms with E-state index in [0.29, 0.717) is 4.58 Å². The summed E-state index contributed by atoms with van der Waals surface area (Å²) in [7, 11) is 0. The lowest BCUT2D eigenvalue weighted by atomic mass is 10.1. The number of hydrogen-bond donors (Lipinski definition) is 1. The lowest BCUT2D eigenvalue weighted by Gasteiger charge is -2.15. The quantitative estimate of drug-likeness (QED) is 0.903. The molecule has 21 heavy (non-hydrogen) atoms. The third-order valence-electron chi connectivity index (χ3n) is 3.98. The Morgan fingerprint density at radius 1 is 1.14 bits per heavy atom. The Kier molecular flexibility index (Phi) is 5.49. The fraction of sp³-hybridized carbons (Fsp3) is 0.562. The SMILES string of the molecule is O=C(NCCN1CCCC1)c1ccc(C2SCCS2)cc1. The van der Waals surface area contributed by atoms with Gasteiger partial charge in [-0.2, -0.15) is 0 Å². The molecule has 0 bridgehead atoms. The summed E-state index contributed by atoms with van der Waals surface area (Å²) >= 11 is 3.99. The van der Waals surface area contributed by atoms with Gasteiger partial charge in [0.2, 0.25) is 0 Å². The monoisotopic (exact) mass is 322 g/mol. The van der Waals surface area contributed by atoms with Gasteiger partial charge in [0, 0.05) is 30.2 Å². The zero-order chi connectivity index (χ0) is 14.5. The van der Waals surface area contributed by atoms with Crippen LogP contribution in [0.5, 0.6) is 0 Å². The number of carbonyl (C=O) groups is 1. The van der Waals surface area contributed by atoms with Crippen LogP contribution in [0.15, 0.2) is 24.3 Å². The third-order valence-corrected chi connectivity index (χ3v) is 7.08. The highest BCUT2D eigenvalue weighted by atomic mass is 32.2. The topological polar surface area (TPSA) is 32.3 Å². The maximum absolute atomic E-state index is 12.1. The van der Waals surface area contributed by atoms with Gasteiger partial charge in [0.1, 0.15) is 0 Å². The molecule has 0 unspecified atom stereocenters. The van der Waals surface area contributed by atoms with E-state index >= 15 is 0 Å². The highest BCUT2D eigenvalue weighted by Gasteiger charge is 2.18. The molecule has 1 N–H and O–H groups in total. The molecule has 0 spiro atoms. The Morgan fingerprint density at radius 2 is 1.81 bits per heavy atom. The molecular formula is C16H22N2OS2. The first-order valence-electron chi connectivity index (χ1n) is 7.67. The highest BCUT2D eigenvalue weighted by Crippen LogP contribution is 2.45. The van der Waals surface area contributed by atoms with Crippen molar-refractivity contribution < 1.29 is 4.79 Å². The van der Waals surface area contributed by atoms with Crippen LogP contribution < -0.4 is 5.32 Å². The molecule has 0 aromatic heterocycles. The van der Waals surface area contributed by atoms with Crippen molar-refractivity contribution in [3.8, 4) is 0 Å². The minimum atomic E-state index is 0.0486. The van der Waals surface area contributed by atoms with Gasteiger partial charge in [-0.15, -0.1) is 23.5 Å². The van der Waals surface area contributed by atoms with Gasteiger partial charge in [-0.25, -0.2) is 0 Å². The first kappa shape index (κ1) is 15.3. The number of thioether (sulfide) groups is 2. The molecule has 2 fully saturated rings. The minimum absolute atomic E-state index is 0.0486. The third kappa shape index (κ3) is 4.18. The first-order valence-corrected chi connectivity index (χ1v) is 9.76. The molecule has 1 aromatic carbocycles. The van der Waals surface area contributed by atoms with Crippen LogP contribution in [0.1, 0.15) is 33.3 Å². The van der Waals surface area contributed by atoms with Crippen LogP contribution in [-0.4, -0.2) is 48.5 Å². The molecule has 114 valence electrons. The number of nitrogens with zero attached hydrogens (tertiary/aromatic N) is 1. The van der Waals surface area contributed by atoms with E-state index in [1.807, 2.05) is 35.7 Å². The van der Waals surface area contributed by atoms with Crippen molar-refractivity contribution in [1.82, 2.24) is 10.2 Å². The van der Waals surface area contributed by atoms with Gasteiger partial charge in [0.05, 0.1) is 4.58 Å². The summed E-state index contributed by atoms with van der Waals surface area (Å²) in [6, 6.07) is 8.12. The molecule has 0 saturated carbocycles.